The van der Waals surface area contributed by atoms with Gasteiger partial charge in [0.25, 0.3) is 0 Å². The van der Waals surface area contributed by atoms with Crippen LogP contribution in [0.4, 0.5) is 0 Å². The average Bonchev–Trinajstić information content (AvgIpc) is 3.12. The molecule has 1 fully saturated rings. The molecule has 0 aromatic carbocycles. The summed E-state index contributed by atoms with van der Waals surface area (Å²) in [7, 11) is -1.17. The molecule has 0 amide bonds. The molecular weight excluding hydrogens is 481 g/mol. The highest BCUT2D eigenvalue weighted by Crippen LogP contribution is 2.41. The fourth-order valence-corrected chi connectivity index (χ4v) is 5.23. The van der Waals surface area contributed by atoms with Crippen LogP contribution in [0.25, 0.3) is 0 Å². The van der Waals surface area contributed by atoms with E-state index in [1.807, 2.05) is 18.3 Å². The van der Waals surface area contributed by atoms with Crippen LogP contribution < -0.4 is 10.6 Å². The van der Waals surface area contributed by atoms with Gasteiger partial charge in [-0.15, -0.1) is 35.3 Å². The van der Waals surface area contributed by atoms with Gasteiger partial charge in [-0.2, -0.15) is 0 Å². The molecule has 0 aliphatic heterocycles. The fourth-order valence-electron chi connectivity index (χ4n) is 3.46. The Balaban J connectivity index is 0.00000338. The normalized spacial score (nSPS) is 18.7. The standard InChI is InChI=1S/C18H31N3O2S2.HI/c1-15(9-13-25(3,22)23)21-17(19-2)20-14-18(10-5-4-6-11-18)16-8-7-12-24-16;/h7-8,12,15H,4-6,9-11,13-14H2,1-3H3,(H2,19,20,21);1H. The van der Waals surface area contributed by atoms with Gasteiger partial charge >= 0.3 is 0 Å². The van der Waals surface area contributed by atoms with Gasteiger partial charge in [-0.3, -0.25) is 4.99 Å². The first-order chi connectivity index (χ1) is 11.8. The van der Waals surface area contributed by atoms with Crippen LogP contribution in [0.1, 0.15) is 50.3 Å². The van der Waals surface area contributed by atoms with Gasteiger partial charge in [0.05, 0.1) is 5.75 Å². The number of thiophene rings is 1. The summed E-state index contributed by atoms with van der Waals surface area (Å²) in [4.78, 5) is 5.78. The number of nitrogens with one attached hydrogen (secondary N) is 2. The number of hydrogen-bond acceptors (Lipinski definition) is 4. The van der Waals surface area contributed by atoms with Crippen LogP contribution in [0, 0.1) is 0 Å². The molecule has 0 bridgehead atoms. The van der Waals surface area contributed by atoms with Crippen LogP contribution in [0.15, 0.2) is 22.5 Å². The Morgan fingerprint density at radius 1 is 1.35 bits per heavy atom. The third-order valence-electron chi connectivity index (χ3n) is 4.98. The maximum atomic E-state index is 11.3. The van der Waals surface area contributed by atoms with Crippen LogP contribution in [0.5, 0.6) is 0 Å². The first-order valence-electron chi connectivity index (χ1n) is 9.03. The van der Waals surface area contributed by atoms with Crippen LogP contribution >= 0.6 is 35.3 Å². The third-order valence-corrected chi connectivity index (χ3v) is 7.07. The smallest absolute Gasteiger partial charge is 0.191 e. The number of nitrogens with zero attached hydrogens (tertiary/aromatic N) is 1. The van der Waals surface area contributed by atoms with E-state index in [1.54, 1.807) is 7.05 Å². The van der Waals surface area contributed by atoms with Crippen LogP contribution in [0.3, 0.4) is 0 Å². The lowest BCUT2D eigenvalue weighted by atomic mass is 9.73. The molecule has 26 heavy (non-hydrogen) atoms. The molecule has 1 heterocycles. The third kappa shape index (κ3) is 7.34. The van der Waals surface area contributed by atoms with Gasteiger partial charge < -0.3 is 10.6 Å². The molecule has 1 unspecified atom stereocenters. The zero-order valence-electron chi connectivity index (χ0n) is 16.0. The van der Waals surface area contributed by atoms with E-state index in [0.29, 0.717) is 6.42 Å². The molecule has 8 heteroatoms. The first kappa shape index (κ1) is 23.7. The van der Waals surface area contributed by atoms with Crippen molar-refractivity contribution in [2.45, 2.75) is 56.9 Å². The molecule has 2 rings (SSSR count). The van der Waals surface area contributed by atoms with Gasteiger partial charge in [0.1, 0.15) is 9.84 Å². The minimum absolute atomic E-state index is 0. The van der Waals surface area contributed by atoms with E-state index < -0.39 is 9.84 Å². The molecule has 5 nitrogen and oxygen atoms in total. The SMILES string of the molecule is CN=C(NCC1(c2cccs2)CCCCC1)NC(C)CCS(C)(=O)=O.I. The van der Waals surface area contributed by atoms with Crippen molar-refractivity contribution in [3.8, 4) is 0 Å². The highest BCUT2D eigenvalue weighted by molar-refractivity contribution is 14.0. The predicted octanol–water partition coefficient (Wildman–Crippen LogP) is 3.56. The quantitative estimate of drug-likeness (QED) is 0.333. The van der Waals surface area contributed by atoms with Crippen molar-refractivity contribution in [2.24, 2.45) is 4.99 Å². The van der Waals surface area contributed by atoms with E-state index in [4.69, 9.17) is 0 Å². The van der Waals surface area contributed by atoms with Crippen molar-refractivity contribution in [3.05, 3.63) is 22.4 Å². The molecule has 0 radical (unpaired) electrons. The second-order valence-corrected chi connectivity index (χ2v) is 10.4. The Bertz CT molecular complexity index is 654. The Morgan fingerprint density at radius 3 is 2.58 bits per heavy atom. The monoisotopic (exact) mass is 513 g/mol. The van der Waals surface area contributed by atoms with Gasteiger partial charge in [-0.05, 0) is 37.6 Å². The minimum Gasteiger partial charge on any atom is -0.355 e. The van der Waals surface area contributed by atoms with Gasteiger partial charge in [0.15, 0.2) is 5.96 Å². The van der Waals surface area contributed by atoms with Gasteiger partial charge in [0, 0.05) is 36.2 Å². The molecule has 1 atom stereocenters. The lowest BCUT2D eigenvalue weighted by Crippen LogP contribution is -2.48. The Morgan fingerprint density at radius 2 is 2.04 bits per heavy atom. The van der Waals surface area contributed by atoms with Crippen molar-refractivity contribution in [1.82, 2.24) is 10.6 Å². The topological polar surface area (TPSA) is 70.6 Å². The maximum absolute atomic E-state index is 11.3. The molecule has 2 N–H and O–H groups in total. The zero-order valence-corrected chi connectivity index (χ0v) is 19.9. The molecule has 1 aromatic rings. The van der Waals surface area contributed by atoms with Crippen molar-refractivity contribution < 1.29 is 8.42 Å². The number of rotatable bonds is 7. The lowest BCUT2D eigenvalue weighted by molar-refractivity contribution is 0.296. The number of aliphatic imine (C=N–C) groups is 1. The lowest BCUT2D eigenvalue weighted by Gasteiger charge is -2.37. The first-order valence-corrected chi connectivity index (χ1v) is 12.0. The van der Waals surface area contributed by atoms with E-state index >= 15 is 0 Å². The summed E-state index contributed by atoms with van der Waals surface area (Å²) >= 11 is 1.85. The zero-order chi connectivity index (χ0) is 18.3. The fraction of sp³-hybridized carbons (Fsp3) is 0.722. The highest BCUT2D eigenvalue weighted by atomic mass is 127. The highest BCUT2D eigenvalue weighted by Gasteiger charge is 2.34. The van der Waals surface area contributed by atoms with Gasteiger partial charge in [-0.1, -0.05) is 25.3 Å². The molecule has 1 aromatic heterocycles. The van der Waals surface area contributed by atoms with Crippen LogP contribution in [-0.2, 0) is 15.3 Å². The van der Waals surface area contributed by atoms with Crippen molar-refractivity contribution in [1.29, 1.82) is 0 Å². The Hall–Kier alpha value is -0.350. The Labute approximate surface area is 179 Å². The summed E-state index contributed by atoms with van der Waals surface area (Å²) < 4.78 is 22.6. The number of hydrogen-bond donors (Lipinski definition) is 2. The largest absolute Gasteiger partial charge is 0.355 e. The minimum atomic E-state index is -2.93. The maximum Gasteiger partial charge on any atom is 0.191 e. The molecule has 0 saturated heterocycles. The van der Waals surface area contributed by atoms with Crippen molar-refractivity contribution in [2.75, 3.05) is 25.6 Å². The number of sulfone groups is 1. The average molecular weight is 514 g/mol. The summed E-state index contributed by atoms with van der Waals surface area (Å²) in [6.07, 6.45) is 8.15. The van der Waals surface area contributed by atoms with Crippen molar-refractivity contribution in [3.63, 3.8) is 0 Å². The summed E-state index contributed by atoms with van der Waals surface area (Å²) in [5.74, 6) is 0.944. The predicted molar refractivity (Wildman–Crippen MR) is 123 cm³/mol. The molecule has 1 saturated carbocycles. The number of guanidine groups is 1. The molecule has 0 spiro atoms. The van der Waals surface area contributed by atoms with Crippen molar-refractivity contribution >= 4 is 51.1 Å². The van der Waals surface area contributed by atoms with E-state index in [-0.39, 0.29) is 41.2 Å². The molecule has 1 aliphatic rings. The second-order valence-electron chi connectivity index (χ2n) is 7.21. The van der Waals surface area contributed by atoms with E-state index in [0.717, 1.165) is 12.5 Å². The van der Waals surface area contributed by atoms with Gasteiger partial charge in [-0.25, -0.2) is 8.42 Å². The molecule has 1 aliphatic carbocycles. The summed E-state index contributed by atoms with van der Waals surface area (Å²) in [6, 6.07) is 4.45. The van der Waals surface area contributed by atoms with E-state index in [9.17, 15) is 8.42 Å². The van der Waals surface area contributed by atoms with E-state index in [2.05, 4.69) is 33.1 Å². The van der Waals surface area contributed by atoms with Crippen LogP contribution in [-0.4, -0.2) is 46.0 Å². The van der Waals surface area contributed by atoms with Crippen LogP contribution in [0.2, 0.25) is 0 Å². The summed E-state index contributed by atoms with van der Waals surface area (Å²) in [5.41, 5.74) is 0.194. The molecular formula is C18H32IN3O2S2. The van der Waals surface area contributed by atoms with E-state index in [1.165, 1.54) is 43.2 Å². The molecule has 150 valence electrons. The van der Waals surface area contributed by atoms with Gasteiger partial charge in [0.2, 0.25) is 0 Å². The second kappa shape index (κ2) is 10.8. The number of halogens is 1. The summed E-state index contributed by atoms with van der Waals surface area (Å²) in [5, 5.41) is 8.97. The Kier molecular flexibility index (Phi) is 9.88. The summed E-state index contributed by atoms with van der Waals surface area (Å²) in [6.45, 7) is 2.86.